The summed E-state index contributed by atoms with van der Waals surface area (Å²) in [5.74, 6) is 0.571. The molecule has 98 valence electrons. The van der Waals surface area contributed by atoms with Gasteiger partial charge in [0.15, 0.2) is 0 Å². The van der Waals surface area contributed by atoms with Crippen LogP contribution in [-0.2, 0) is 0 Å². The Hall–Kier alpha value is -1.65. The van der Waals surface area contributed by atoms with Crippen LogP contribution in [0.3, 0.4) is 0 Å². The SMILES string of the molecule is CCCCNc1nccc(C(=O)N2CCCC2)n1. The molecule has 18 heavy (non-hydrogen) atoms. The molecule has 0 aromatic carbocycles. The highest BCUT2D eigenvalue weighted by Crippen LogP contribution is 2.12. The molecule has 1 amide bonds. The molecule has 5 nitrogen and oxygen atoms in total. The van der Waals surface area contributed by atoms with Crippen LogP contribution >= 0.6 is 0 Å². The molecule has 1 aliphatic rings. The number of aromatic nitrogens is 2. The number of nitrogens with zero attached hydrogens (tertiary/aromatic N) is 3. The molecule has 0 atom stereocenters. The van der Waals surface area contributed by atoms with E-state index in [1.165, 1.54) is 0 Å². The molecule has 0 bridgehead atoms. The number of anilines is 1. The van der Waals surface area contributed by atoms with Crippen molar-refractivity contribution in [3.63, 3.8) is 0 Å². The molecular formula is C13H20N4O. The summed E-state index contributed by atoms with van der Waals surface area (Å²) in [6, 6.07) is 1.69. The first-order valence-corrected chi connectivity index (χ1v) is 6.67. The van der Waals surface area contributed by atoms with Gasteiger partial charge in [-0.1, -0.05) is 13.3 Å². The van der Waals surface area contributed by atoms with Crippen LogP contribution < -0.4 is 5.32 Å². The second-order valence-electron chi connectivity index (χ2n) is 4.55. The maximum Gasteiger partial charge on any atom is 0.272 e. The third kappa shape index (κ3) is 3.18. The molecule has 1 fully saturated rings. The third-order valence-electron chi connectivity index (χ3n) is 3.08. The van der Waals surface area contributed by atoms with Gasteiger partial charge in [-0.25, -0.2) is 9.97 Å². The van der Waals surface area contributed by atoms with Crippen molar-refractivity contribution in [2.24, 2.45) is 0 Å². The van der Waals surface area contributed by atoms with E-state index in [1.54, 1.807) is 12.3 Å². The summed E-state index contributed by atoms with van der Waals surface area (Å²) in [4.78, 5) is 22.4. The highest BCUT2D eigenvalue weighted by molar-refractivity contribution is 5.92. The van der Waals surface area contributed by atoms with Gasteiger partial charge in [0.05, 0.1) is 0 Å². The smallest absolute Gasteiger partial charge is 0.272 e. The fourth-order valence-electron chi connectivity index (χ4n) is 2.02. The van der Waals surface area contributed by atoms with E-state index in [0.29, 0.717) is 11.6 Å². The number of rotatable bonds is 5. The molecule has 1 aromatic rings. The van der Waals surface area contributed by atoms with Crippen molar-refractivity contribution in [1.29, 1.82) is 0 Å². The minimum atomic E-state index is 0.0217. The number of carbonyl (C=O) groups excluding carboxylic acids is 1. The van der Waals surface area contributed by atoms with Crippen LogP contribution in [0.2, 0.25) is 0 Å². The molecular weight excluding hydrogens is 228 g/mol. The Bertz CT molecular complexity index is 402. The number of amides is 1. The molecule has 5 heteroatoms. The van der Waals surface area contributed by atoms with Crippen molar-refractivity contribution in [3.05, 3.63) is 18.0 Å². The topological polar surface area (TPSA) is 58.1 Å². The quantitative estimate of drug-likeness (QED) is 0.809. The minimum absolute atomic E-state index is 0.0217. The van der Waals surface area contributed by atoms with E-state index in [1.807, 2.05) is 4.90 Å². The fourth-order valence-corrected chi connectivity index (χ4v) is 2.02. The van der Waals surface area contributed by atoms with Crippen LogP contribution in [0.15, 0.2) is 12.3 Å². The lowest BCUT2D eigenvalue weighted by molar-refractivity contribution is 0.0787. The molecule has 0 spiro atoms. The first-order valence-electron chi connectivity index (χ1n) is 6.67. The second-order valence-corrected chi connectivity index (χ2v) is 4.55. The number of likely N-dealkylation sites (tertiary alicyclic amines) is 1. The zero-order chi connectivity index (χ0) is 12.8. The zero-order valence-corrected chi connectivity index (χ0v) is 10.9. The molecule has 2 heterocycles. The molecule has 0 aliphatic carbocycles. The Labute approximate surface area is 108 Å². The summed E-state index contributed by atoms with van der Waals surface area (Å²) in [7, 11) is 0. The van der Waals surface area contributed by atoms with Crippen LogP contribution in [0.25, 0.3) is 0 Å². The average Bonchev–Trinajstić information content (AvgIpc) is 2.92. The molecule has 1 aromatic heterocycles. The van der Waals surface area contributed by atoms with Crippen molar-refractivity contribution in [1.82, 2.24) is 14.9 Å². The van der Waals surface area contributed by atoms with E-state index in [0.717, 1.165) is 45.3 Å². The van der Waals surface area contributed by atoms with Gasteiger partial charge >= 0.3 is 0 Å². The number of hydrogen-bond acceptors (Lipinski definition) is 4. The van der Waals surface area contributed by atoms with Crippen LogP contribution in [-0.4, -0.2) is 40.4 Å². The first kappa shape index (κ1) is 12.8. The molecule has 1 N–H and O–H groups in total. The Morgan fingerprint density at radius 2 is 2.22 bits per heavy atom. The van der Waals surface area contributed by atoms with Gasteiger partial charge in [-0.15, -0.1) is 0 Å². The van der Waals surface area contributed by atoms with E-state index in [-0.39, 0.29) is 5.91 Å². The number of unbranched alkanes of at least 4 members (excludes halogenated alkanes) is 1. The Balaban J connectivity index is 1.99. The van der Waals surface area contributed by atoms with Crippen LogP contribution in [0.1, 0.15) is 43.1 Å². The van der Waals surface area contributed by atoms with Crippen molar-refractivity contribution in [2.45, 2.75) is 32.6 Å². The summed E-state index contributed by atoms with van der Waals surface area (Å²) in [5.41, 5.74) is 0.492. The summed E-state index contributed by atoms with van der Waals surface area (Å²) in [6.07, 6.45) is 6.04. The summed E-state index contributed by atoms with van der Waals surface area (Å²) in [5, 5.41) is 3.14. The maximum absolute atomic E-state index is 12.1. The lowest BCUT2D eigenvalue weighted by atomic mass is 10.3. The number of nitrogens with one attached hydrogen (secondary N) is 1. The van der Waals surface area contributed by atoms with Gasteiger partial charge < -0.3 is 10.2 Å². The Kier molecular flexibility index (Phi) is 4.50. The summed E-state index contributed by atoms with van der Waals surface area (Å²) in [6.45, 7) is 4.68. The van der Waals surface area contributed by atoms with Gasteiger partial charge in [-0.3, -0.25) is 4.79 Å². The highest BCUT2D eigenvalue weighted by atomic mass is 16.2. The van der Waals surface area contributed by atoms with Gasteiger partial charge in [-0.05, 0) is 25.3 Å². The molecule has 1 saturated heterocycles. The van der Waals surface area contributed by atoms with Gasteiger partial charge in [0, 0.05) is 25.8 Å². The molecule has 0 radical (unpaired) electrons. The van der Waals surface area contributed by atoms with E-state index in [2.05, 4.69) is 22.2 Å². The van der Waals surface area contributed by atoms with Gasteiger partial charge in [0.2, 0.25) is 5.95 Å². The highest BCUT2D eigenvalue weighted by Gasteiger charge is 2.20. The standard InChI is InChI=1S/C13H20N4O/c1-2-3-7-14-13-15-8-6-11(16-13)12(18)17-9-4-5-10-17/h6,8H,2-5,7,9-10H2,1H3,(H,14,15,16). The van der Waals surface area contributed by atoms with Crippen molar-refractivity contribution < 1.29 is 4.79 Å². The Morgan fingerprint density at radius 1 is 1.44 bits per heavy atom. The second kappa shape index (κ2) is 6.33. The molecule has 0 saturated carbocycles. The van der Waals surface area contributed by atoms with Gasteiger partial charge in [0.1, 0.15) is 5.69 Å². The summed E-state index contributed by atoms with van der Waals surface area (Å²) >= 11 is 0. The van der Waals surface area contributed by atoms with Crippen molar-refractivity contribution in [3.8, 4) is 0 Å². The normalized spacial score (nSPS) is 14.8. The maximum atomic E-state index is 12.1. The van der Waals surface area contributed by atoms with E-state index in [9.17, 15) is 4.79 Å². The van der Waals surface area contributed by atoms with Gasteiger partial charge in [0.25, 0.3) is 5.91 Å². The lowest BCUT2D eigenvalue weighted by Crippen LogP contribution is -2.28. The zero-order valence-electron chi connectivity index (χ0n) is 10.9. The minimum Gasteiger partial charge on any atom is -0.354 e. The number of carbonyl (C=O) groups is 1. The molecule has 2 rings (SSSR count). The predicted octanol–water partition coefficient (Wildman–Crippen LogP) is 1.92. The largest absolute Gasteiger partial charge is 0.354 e. The first-order chi connectivity index (χ1) is 8.81. The molecule has 1 aliphatic heterocycles. The predicted molar refractivity (Wildman–Crippen MR) is 70.6 cm³/mol. The monoisotopic (exact) mass is 248 g/mol. The van der Waals surface area contributed by atoms with Gasteiger partial charge in [-0.2, -0.15) is 0 Å². The lowest BCUT2D eigenvalue weighted by Gasteiger charge is -2.14. The molecule has 0 unspecified atom stereocenters. The third-order valence-corrected chi connectivity index (χ3v) is 3.08. The van der Waals surface area contributed by atoms with E-state index in [4.69, 9.17) is 0 Å². The van der Waals surface area contributed by atoms with Crippen LogP contribution in [0.4, 0.5) is 5.95 Å². The average molecular weight is 248 g/mol. The fraction of sp³-hybridized carbons (Fsp3) is 0.615. The van der Waals surface area contributed by atoms with Crippen LogP contribution in [0.5, 0.6) is 0 Å². The van der Waals surface area contributed by atoms with Crippen LogP contribution in [0, 0.1) is 0 Å². The van der Waals surface area contributed by atoms with E-state index < -0.39 is 0 Å². The van der Waals surface area contributed by atoms with Crippen molar-refractivity contribution >= 4 is 11.9 Å². The number of hydrogen-bond donors (Lipinski definition) is 1. The van der Waals surface area contributed by atoms with Crippen molar-refractivity contribution in [2.75, 3.05) is 25.0 Å². The van der Waals surface area contributed by atoms with E-state index >= 15 is 0 Å². The summed E-state index contributed by atoms with van der Waals surface area (Å²) < 4.78 is 0. The Morgan fingerprint density at radius 3 is 2.94 bits per heavy atom.